The van der Waals surface area contributed by atoms with Crippen molar-refractivity contribution in [3.05, 3.63) is 68.8 Å². The van der Waals surface area contributed by atoms with Crippen LogP contribution in [0.25, 0.3) is 0 Å². The van der Waals surface area contributed by atoms with Gasteiger partial charge in [-0.1, -0.05) is 24.3 Å². The van der Waals surface area contributed by atoms with Crippen LogP contribution >= 0.6 is 0 Å². The Balaban J connectivity index is 2.12. The summed E-state index contributed by atoms with van der Waals surface area (Å²) in [7, 11) is 0. The normalized spacial score (nSPS) is 13.1. The van der Waals surface area contributed by atoms with Gasteiger partial charge in [0.25, 0.3) is 0 Å². The predicted octanol–water partition coefficient (Wildman–Crippen LogP) is 4.42. The largest absolute Gasteiger partial charge is 0.0552 e. The van der Waals surface area contributed by atoms with Crippen molar-refractivity contribution in [1.29, 1.82) is 0 Å². The Morgan fingerprint density at radius 2 is 0.722 bits per heavy atom. The maximum atomic E-state index is 2.38. The van der Waals surface area contributed by atoms with E-state index in [1.165, 1.54) is 44.5 Å². The van der Waals surface area contributed by atoms with Crippen molar-refractivity contribution >= 4 is 0 Å². The average Bonchev–Trinajstić information content (AvgIpc) is 2.31. The van der Waals surface area contributed by atoms with Crippen LogP contribution in [-0.2, 0) is 12.8 Å². The molecule has 0 bridgehead atoms. The lowest BCUT2D eigenvalue weighted by Gasteiger charge is -2.22. The number of hydrogen-bond donors (Lipinski definition) is 0. The van der Waals surface area contributed by atoms with Gasteiger partial charge in [-0.15, -0.1) is 0 Å². The summed E-state index contributed by atoms with van der Waals surface area (Å²) in [5, 5.41) is 0. The van der Waals surface area contributed by atoms with Gasteiger partial charge in [0.2, 0.25) is 0 Å². The molecule has 0 heterocycles. The van der Waals surface area contributed by atoms with Crippen LogP contribution in [0.1, 0.15) is 44.5 Å². The summed E-state index contributed by atoms with van der Waals surface area (Å²) >= 11 is 0. The van der Waals surface area contributed by atoms with Crippen LogP contribution in [0.15, 0.2) is 24.3 Å². The summed E-state index contributed by atoms with van der Waals surface area (Å²) in [6.45, 7) is 8.86. The van der Waals surface area contributed by atoms with Gasteiger partial charge in [-0.25, -0.2) is 0 Å². The van der Waals surface area contributed by atoms with E-state index in [-0.39, 0.29) is 0 Å². The topological polar surface area (TPSA) is 0 Å². The van der Waals surface area contributed by atoms with Crippen molar-refractivity contribution in [1.82, 2.24) is 0 Å². The van der Waals surface area contributed by atoms with Crippen LogP contribution in [0.2, 0.25) is 0 Å². The molecule has 0 N–H and O–H groups in total. The molecule has 0 saturated carbocycles. The molecule has 2 aromatic rings. The predicted molar refractivity (Wildman–Crippen MR) is 77.4 cm³/mol. The highest BCUT2D eigenvalue weighted by atomic mass is 14.2. The number of aryl methyl sites for hydroxylation is 4. The Kier molecular flexibility index (Phi) is 2.55. The molecule has 1 aliphatic rings. The van der Waals surface area contributed by atoms with E-state index in [2.05, 4.69) is 52.0 Å². The fourth-order valence-electron chi connectivity index (χ4n) is 2.94. The molecule has 18 heavy (non-hydrogen) atoms. The van der Waals surface area contributed by atoms with E-state index in [0.717, 1.165) is 12.8 Å². The molecular weight excluding hydrogens is 216 g/mol. The fraction of sp³-hybridized carbons (Fsp3) is 0.333. The molecule has 0 fully saturated rings. The summed E-state index contributed by atoms with van der Waals surface area (Å²) in [6.07, 6.45) is 2.21. The summed E-state index contributed by atoms with van der Waals surface area (Å²) in [4.78, 5) is 0. The maximum Gasteiger partial charge on any atom is -0.00199 e. The second kappa shape index (κ2) is 3.98. The molecule has 0 radical (unpaired) electrons. The van der Waals surface area contributed by atoms with E-state index in [0.29, 0.717) is 0 Å². The molecule has 0 heteroatoms. The van der Waals surface area contributed by atoms with Crippen molar-refractivity contribution in [3.8, 4) is 0 Å². The smallest absolute Gasteiger partial charge is 0.00199 e. The summed E-state index contributed by atoms with van der Waals surface area (Å²) < 4.78 is 0. The Morgan fingerprint density at radius 3 is 0.944 bits per heavy atom. The number of fused-ring (bicyclic) bond motifs is 2. The number of benzene rings is 2. The Bertz CT molecular complexity index is 521. The Labute approximate surface area is 110 Å². The van der Waals surface area contributed by atoms with Crippen molar-refractivity contribution in [2.45, 2.75) is 40.5 Å². The standard InChI is InChI=1S/C18H20/c1-11-5-15-9-17-7-13(3)14(4)8-18(17)10-16(15)6-12(11)2/h5-8H,9-10H2,1-4H3. The monoisotopic (exact) mass is 236 g/mol. The Morgan fingerprint density at radius 1 is 0.500 bits per heavy atom. The van der Waals surface area contributed by atoms with E-state index in [9.17, 15) is 0 Å². The van der Waals surface area contributed by atoms with Gasteiger partial charge in [-0.2, -0.15) is 0 Å². The molecular formula is C18H20. The molecule has 0 aliphatic heterocycles. The zero-order valence-electron chi connectivity index (χ0n) is 11.7. The quantitative estimate of drug-likeness (QED) is 0.542. The minimum Gasteiger partial charge on any atom is -0.0552 e. The molecule has 0 aromatic heterocycles. The second-order valence-electron chi connectivity index (χ2n) is 5.76. The molecule has 0 unspecified atom stereocenters. The molecule has 0 amide bonds. The van der Waals surface area contributed by atoms with Crippen LogP contribution in [0, 0.1) is 27.7 Å². The molecule has 3 rings (SSSR count). The second-order valence-corrected chi connectivity index (χ2v) is 5.76. The summed E-state index contributed by atoms with van der Waals surface area (Å²) in [5.41, 5.74) is 11.8. The zero-order chi connectivity index (χ0) is 12.9. The van der Waals surface area contributed by atoms with Gasteiger partial charge in [0.05, 0.1) is 0 Å². The van der Waals surface area contributed by atoms with Crippen molar-refractivity contribution in [3.63, 3.8) is 0 Å². The highest BCUT2D eigenvalue weighted by molar-refractivity contribution is 5.50. The van der Waals surface area contributed by atoms with Gasteiger partial charge in [-0.3, -0.25) is 0 Å². The minimum atomic E-state index is 1.10. The minimum absolute atomic E-state index is 1.10. The van der Waals surface area contributed by atoms with Crippen molar-refractivity contribution in [2.24, 2.45) is 0 Å². The highest BCUT2D eigenvalue weighted by Gasteiger charge is 2.16. The zero-order valence-corrected chi connectivity index (χ0v) is 11.7. The Hall–Kier alpha value is -1.56. The van der Waals surface area contributed by atoms with Crippen molar-refractivity contribution < 1.29 is 0 Å². The van der Waals surface area contributed by atoms with Gasteiger partial charge in [0.15, 0.2) is 0 Å². The number of hydrogen-bond acceptors (Lipinski definition) is 0. The van der Waals surface area contributed by atoms with Crippen LogP contribution in [0.3, 0.4) is 0 Å². The van der Waals surface area contributed by atoms with E-state index in [4.69, 9.17) is 0 Å². The third-order valence-electron chi connectivity index (χ3n) is 4.39. The third kappa shape index (κ3) is 1.77. The molecule has 2 aromatic carbocycles. The fourth-order valence-corrected chi connectivity index (χ4v) is 2.94. The van der Waals surface area contributed by atoms with E-state index >= 15 is 0 Å². The first-order valence-corrected chi connectivity index (χ1v) is 6.72. The molecule has 0 spiro atoms. The van der Waals surface area contributed by atoms with E-state index in [1.54, 1.807) is 0 Å². The van der Waals surface area contributed by atoms with Crippen LogP contribution in [-0.4, -0.2) is 0 Å². The van der Waals surface area contributed by atoms with Crippen LogP contribution < -0.4 is 0 Å². The first-order valence-electron chi connectivity index (χ1n) is 6.72. The van der Waals surface area contributed by atoms with Crippen molar-refractivity contribution in [2.75, 3.05) is 0 Å². The van der Waals surface area contributed by atoms with E-state index < -0.39 is 0 Å². The molecule has 0 atom stereocenters. The van der Waals surface area contributed by atoms with Gasteiger partial charge in [0.1, 0.15) is 0 Å². The lowest BCUT2D eigenvalue weighted by Crippen LogP contribution is -2.09. The summed E-state index contributed by atoms with van der Waals surface area (Å²) in [5.74, 6) is 0. The van der Waals surface area contributed by atoms with Gasteiger partial charge in [0, 0.05) is 0 Å². The molecule has 92 valence electrons. The average molecular weight is 236 g/mol. The highest BCUT2D eigenvalue weighted by Crippen LogP contribution is 2.30. The van der Waals surface area contributed by atoms with Crippen LogP contribution in [0.5, 0.6) is 0 Å². The third-order valence-corrected chi connectivity index (χ3v) is 4.39. The van der Waals surface area contributed by atoms with Gasteiger partial charge in [-0.05, 0) is 85.0 Å². The lowest BCUT2D eigenvalue weighted by atomic mass is 9.82. The SMILES string of the molecule is Cc1cc2c(cc1C)Cc1cc(C)c(C)cc1C2. The summed E-state index contributed by atoms with van der Waals surface area (Å²) in [6, 6.07) is 9.51. The molecule has 0 nitrogen and oxygen atoms in total. The number of rotatable bonds is 0. The van der Waals surface area contributed by atoms with Gasteiger partial charge < -0.3 is 0 Å². The molecule has 0 saturated heterocycles. The first kappa shape index (κ1) is 11.5. The lowest BCUT2D eigenvalue weighted by molar-refractivity contribution is 0.981. The van der Waals surface area contributed by atoms with Gasteiger partial charge >= 0.3 is 0 Å². The maximum absolute atomic E-state index is 2.38. The first-order chi connectivity index (χ1) is 8.54. The van der Waals surface area contributed by atoms with Crippen LogP contribution in [0.4, 0.5) is 0 Å². The molecule has 1 aliphatic carbocycles. The van der Waals surface area contributed by atoms with E-state index in [1.807, 2.05) is 0 Å².